The maximum atomic E-state index is 12.9. The van der Waals surface area contributed by atoms with E-state index in [2.05, 4.69) is 5.32 Å². The molecule has 1 aliphatic carbocycles. The van der Waals surface area contributed by atoms with E-state index in [0.29, 0.717) is 29.7 Å². The first-order chi connectivity index (χ1) is 16.1. The summed E-state index contributed by atoms with van der Waals surface area (Å²) in [6, 6.07) is 11.0. The lowest BCUT2D eigenvalue weighted by Gasteiger charge is -2.29. The third-order valence-electron chi connectivity index (χ3n) is 6.11. The van der Waals surface area contributed by atoms with Gasteiger partial charge in [0.05, 0.1) is 12.2 Å². The van der Waals surface area contributed by atoms with Gasteiger partial charge in [-0.25, -0.2) is 12.7 Å². The van der Waals surface area contributed by atoms with Crippen molar-refractivity contribution in [1.82, 2.24) is 4.31 Å². The van der Waals surface area contributed by atoms with E-state index in [1.165, 1.54) is 29.4 Å². The molecule has 0 spiro atoms. The summed E-state index contributed by atoms with van der Waals surface area (Å²) in [5.74, 6) is -2.19. The van der Waals surface area contributed by atoms with Crippen molar-refractivity contribution < 1.29 is 32.3 Å². The zero-order chi connectivity index (χ0) is 24.6. The van der Waals surface area contributed by atoms with Crippen LogP contribution in [0.5, 0.6) is 0 Å². The fraction of sp³-hybridized carbons (Fsp3) is 0.333. The summed E-state index contributed by atoms with van der Waals surface area (Å²) < 4.78 is 29.8. The molecule has 1 amide bonds. The molecule has 1 N–H and O–H groups in total. The van der Waals surface area contributed by atoms with Crippen molar-refractivity contribution in [2.24, 2.45) is 5.92 Å². The second kappa shape index (κ2) is 9.11. The first kappa shape index (κ1) is 23.8. The van der Waals surface area contributed by atoms with E-state index in [9.17, 15) is 27.6 Å². The molecule has 34 heavy (non-hydrogen) atoms. The highest BCUT2D eigenvalue weighted by atomic mass is 32.2. The van der Waals surface area contributed by atoms with Gasteiger partial charge in [-0.15, -0.1) is 0 Å². The number of rotatable bonds is 5. The van der Waals surface area contributed by atoms with E-state index in [-0.39, 0.29) is 35.8 Å². The van der Waals surface area contributed by atoms with E-state index >= 15 is 0 Å². The van der Waals surface area contributed by atoms with Crippen molar-refractivity contribution in [3.8, 4) is 0 Å². The molecule has 1 saturated heterocycles. The van der Waals surface area contributed by atoms with Crippen LogP contribution in [0.1, 0.15) is 51.6 Å². The van der Waals surface area contributed by atoms with Gasteiger partial charge in [-0.05, 0) is 38.0 Å². The van der Waals surface area contributed by atoms with Crippen LogP contribution in [0.15, 0.2) is 42.5 Å². The summed E-state index contributed by atoms with van der Waals surface area (Å²) in [5.41, 5.74) is 1.42. The Kier molecular flexibility index (Phi) is 6.37. The number of benzene rings is 2. The summed E-state index contributed by atoms with van der Waals surface area (Å²) in [4.78, 5) is 50.6. The Balaban J connectivity index is 1.39. The number of carbonyl (C=O) groups excluding carboxylic acids is 4. The minimum atomic E-state index is -3.30. The van der Waals surface area contributed by atoms with Crippen molar-refractivity contribution in [3.63, 3.8) is 0 Å². The van der Waals surface area contributed by atoms with Gasteiger partial charge in [0.1, 0.15) is 0 Å². The van der Waals surface area contributed by atoms with E-state index in [0.717, 1.165) is 6.26 Å². The third kappa shape index (κ3) is 4.64. The predicted molar refractivity (Wildman–Crippen MR) is 123 cm³/mol. The van der Waals surface area contributed by atoms with Crippen molar-refractivity contribution in [3.05, 3.63) is 64.7 Å². The number of nitrogens with one attached hydrogen (secondary N) is 1. The standard InChI is InChI=1S/C24H24N2O7S/c1-14(33-24(30)15-9-11-26(12-10-15)34(2,31)32)23(29)25-16-7-8-19-20(13-16)22(28)18-6-4-3-5-17(18)21(19)27/h3-8,13-15H,9-12H2,1-2H3,(H,25,29)/t14-/m1/s1. The molecule has 1 fully saturated rings. The number of ketones is 2. The smallest absolute Gasteiger partial charge is 0.309 e. The summed E-state index contributed by atoms with van der Waals surface area (Å²) in [5, 5.41) is 2.62. The van der Waals surface area contributed by atoms with Crippen LogP contribution in [-0.2, 0) is 24.3 Å². The molecular formula is C24H24N2O7S. The Morgan fingerprint density at radius 2 is 1.53 bits per heavy atom. The molecule has 0 saturated carbocycles. The SMILES string of the molecule is C[C@@H](OC(=O)C1CCN(S(C)(=O)=O)CC1)C(=O)Nc1ccc2c(c1)C(=O)c1ccccc1C2=O. The lowest BCUT2D eigenvalue weighted by molar-refractivity contribution is -0.158. The average molecular weight is 485 g/mol. The molecule has 0 unspecified atom stereocenters. The fourth-order valence-corrected chi connectivity index (χ4v) is 5.04. The minimum absolute atomic E-state index is 0.198. The van der Waals surface area contributed by atoms with Crippen LogP contribution in [0.3, 0.4) is 0 Å². The van der Waals surface area contributed by atoms with Gasteiger partial charge in [0.2, 0.25) is 10.0 Å². The molecule has 2 aromatic carbocycles. The largest absolute Gasteiger partial charge is 0.452 e. The first-order valence-electron chi connectivity index (χ1n) is 10.8. The first-order valence-corrected chi connectivity index (χ1v) is 12.7. The van der Waals surface area contributed by atoms with Crippen molar-refractivity contribution in [2.45, 2.75) is 25.9 Å². The number of nitrogens with zero attached hydrogens (tertiary/aromatic N) is 1. The van der Waals surface area contributed by atoms with Crippen molar-refractivity contribution in [2.75, 3.05) is 24.7 Å². The zero-order valence-corrected chi connectivity index (χ0v) is 19.6. The molecule has 10 heteroatoms. The molecule has 1 heterocycles. The number of sulfonamides is 1. The van der Waals surface area contributed by atoms with E-state index in [1.807, 2.05) is 0 Å². The number of carbonyl (C=O) groups is 4. The van der Waals surface area contributed by atoms with E-state index in [4.69, 9.17) is 4.74 Å². The Hall–Kier alpha value is -3.37. The quantitative estimate of drug-likeness (QED) is 0.549. The van der Waals surface area contributed by atoms with Gasteiger partial charge in [-0.3, -0.25) is 19.2 Å². The second-order valence-electron chi connectivity index (χ2n) is 8.47. The van der Waals surface area contributed by atoms with Gasteiger partial charge in [-0.2, -0.15) is 0 Å². The molecule has 0 aromatic heterocycles. The molecular weight excluding hydrogens is 460 g/mol. The third-order valence-corrected chi connectivity index (χ3v) is 7.41. The Morgan fingerprint density at radius 1 is 0.971 bits per heavy atom. The predicted octanol–water partition coefficient (Wildman–Crippen LogP) is 2.00. The van der Waals surface area contributed by atoms with Gasteiger partial charge in [0.15, 0.2) is 17.7 Å². The van der Waals surface area contributed by atoms with Crippen molar-refractivity contribution >= 4 is 39.2 Å². The lowest BCUT2D eigenvalue weighted by atomic mass is 9.84. The second-order valence-corrected chi connectivity index (χ2v) is 10.5. The summed E-state index contributed by atoms with van der Waals surface area (Å²) in [7, 11) is -3.30. The number of esters is 1. The monoisotopic (exact) mass is 484 g/mol. The number of amides is 1. The highest BCUT2D eigenvalue weighted by Crippen LogP contribution is 2.29. The normalized spacial score (nSPS) is 17.5. The molecule has 178 valence electrons. The van der Waals surface area contributed by atoms with Gasteiger partial charge >= 0.3 is 5.97 Å². The molecule has 2 aliphatic rings. The Bertz CT molecular complexity index is 1290. The molecule has 4 rings (SSSR count). The van der Waals surface area contributed by atoms with E-state index in [1.54, 1.807) is 24.3 Å². The number of piperidine rings is 1. The topological polar surface area (TPSA) is 127 Å². The molecule has 0 bridgehead atoms. The van der Waals surface area contributed by atoms with Crippen LogP contribution >= 0.6 is 0 Å². The summed E-state index contributed by atoms with van der Waals surface area (Å²) >= 11 is 0. The van der Waals surface area contributed by atoms with Crippen LogP contribution < -0.4 is 5.32 Å². The number of ether oxygens (including phenoxy) is 1. The molecule has 0 radical (unpaired) electrons. The maximum Gasteiger partial charge on any atom is 0.309 e. The average Bonchev–Trinajstić information content (AvgIpc) is 2.82. The molecule has 2 aromatic rings. The van der Waals surface area contributed by atoms with E-state index < -0.39 is 33.9 Å². The molecule has 1 atom stereocenters. The van der Waals surface area contributed by atoms with Crippen LogP contribution in [0, 0.1) is 5.92 Å². The van der Waals surface area contributed by atoms with Gasteiger partial charge < -0.3 is 10.1 Å². The fourth-order valence-electron chi connectivity index (χ4n) is 4.17. The molecule has 1 aliphatic heterocycles. The maximum absolute atomic E-state index is 12.9. The summed E-state index contributed by atoms with van der Waals surface area (Å²) in [6.07, 6.45) is 0.668. The zero-order valence-electron chi connectivity index (χ0n) is 18.7. The van der Waals surface area contributed by atoms with Crippen LogP contribution in [-0.4, -0.2) is 61.6 Å². The van der Waals surface area contributed by atoms with Crippen molar-refractivity contribution in [1.29, 1.82) is 0 Å². The number of hydrogen-bond acceptors (Lipinski definition) is 7. The van der Waals surface area contributed by atoms with Crippen LogP contribution in [0.25, 0.3) is 0 Å². The van der Waals surface area contributed by atoms with Gasteiger partial charge in [0, 0.05) is 41.0 Å². The summed E-state index contributed by atoms with van der Waals surface area (Å²) in [6.45, 7) is 1.89. The van der Waals surface area contributed by atoms with Gasteiger partial charge in [0.25, 0.3) is 5.91 Å². The van der Waals surface area contributed by atoms with Crippen LogP contribution in [0.2, 0.25) is 0 Å². The Labute approximate surface area is 197 Å². The number of fused-ring (bicyclic) bond motifs is 2. The minimum Gasteiger partial charge on any atom is -0.452 e. The lowest BCUT2D eigenvalue weighted by Crippen LogP contribution is -2.41. The van der Waals surface area contributed by atoms with Crippen LogP contribution in [0.4, 0.5) is 5.69 Å². The molecule has 9 nitrogen and oxygen atoms in total. The Morgan fingerprint density at radius 3 is 2.12 bits per heavy atom. The number of hydrogen-bond donors (Lipinski definition) is 1. The number of anilines is 1. The van der Waals surface area contributed by atoms with Gasteiger partial charge in [-0.1, -0.05) is 24.3 Å². The highest BCUT2D eigenvalue weighted by molar-refractivity contribution is 7.88. The highest BCUT2D eigenvalue weighted by Gasteiger charge is 2.32.